The first-order valence-corrected chi connectivity index (χ1v) is 12.1. The quantitative estimate of drug-likeness (QED) is 0.401. The van der Waals surface area contributed by atoms with Crippen molar-refractivity contribution in [3.05, 3.63) is 58.7 Å². The van der Waals surface area contributed by atoms with Gasteiger partial charge in [0.1, 0.15) is 4.90 Å². The van der Waals surface area contributed by atoms with Crippen molar-refractivity contribution in [2.75, 3.05) is 0 Å². The Morgan fingerprint density at radius 1 is 1.13 bits per heavy atom. The zero-order valence-electron chi connectivity index (χ0n) is 18.0. The minimum absolute atomic E-state index is 0.0902. The maximum atomic E-state index is 13.0. The van der Waals surface area contributed by atoms with Gasteiger partial charge in [0.25, 0.3) is 0 Å². The van der Waals surface area contributed by atoms with Crippen LogP contribution in [0.4, 0.5) is 0 Å². The molecular formula is C22H25N3O4S2. The van der Waals surface area contributed by atoms with Gasteiger partial charge in [-0.25, -0.2) is 0 Å². The summed E-state index contributed by atoms with van der Waals surface area (Å²) in [5.74, 6) is 0.233. The van der Waals surface area contributed by atoms with Crippen LogP contribution >= 0.6 is 11.8 Å². The molecule has 9 heteroatoms. The Morgan fingerprint density at radius 2 is 1.77 bits per heavy atom. The summed E-state index contributed by atoms with van der Waals surface area (Å²) in [6.45, 7) is 9.35. The van der Waals surface area contributed by atoms with Crippen LogP contribution in [-0.2, 0) is 14.9 Å². The van der Waals surface area contributed by atoms with Gasteiger partial charge in [0.15, 0.2) is 10.9 Å². The summed E-state index contributed by atoms with van der Waals surface area (Å²) in [7, 11) is -4.04. The maximum absolute atomic E-state index is 13.0. The number of para-hydroxylation sites is 1. The molecule has 1 aliphatic heterocycles. The van der Waals surface area contributed by atoms with Gasteiger partial charge in [-0.05, 0) is 49.9 Å². The third kappa shape index (κ3) is 5.34. The van der Waals surface area contributed by atoms with Crippen LogP contribution in [0.15, 0.2) is 51.5 Å². The lowest BCUT2D eigenvalue weighted by Gasteiger charge is -2.14. The first-order valence-electron chi connectivity index (χ1n) is 9.78. The van der Waals surface area contributed by atoms with E-state index in [2.05, 4.69) is 15.5 Å². The smallest absolute Gasteiger partial charge is 0.339 e. The molecule has 0 saturated carbocycles. The largest absolute Gasteiger partial charge is 0.378 e. The second kappa shape index (κ2) is 9.23. The summed E-state index contributed by atoms with van der Waals surface area (Å²) >= 11 is 1.33. The van der Waals surface area contributed by atoms with Gasteiger partial charge in [-0.15, -0.1) is 5.10 Å². The average molecular weight is 460 g/mol. The summed E-state index contributed by atoms with van der Waals surface area (Å²) in [6.07, 6.45) is 1.40. The monoisotopic (exact) mass is 459 g/mol. The molecular weight excluding hydrogens is 434 g/mol. The molecule has 31 heavy (non-hydrogen) atoms. The van der Waals surface area contributed by atoms with Crippen LogP contribution in [-0.4, -0.2) is 31.0 Å². The Bertz CT molecular complexity index is 1150. The number of amidine groups is 1. The number of benzene rings is 2. The fourth-order valence-corrected chi connectivity index (χ4v) is 5.71. The van der Waals surface area contributed by atoms with E-state index in [0.29, 0.717) is 21.9 Å². The van der Waals surface area contributed by atoms with Crippen LogP contribution in [0, 0.1) is 26.7 Å². The highest BCUT2D eigenvalue weighted by Crippen LogP contribution is 2.28. The molecule has 1 amide bonds. The van der Waals surface area contributed by atoms with Gasteiger partial charge in [-0.2, -0.15) is 13.5 Å². The Labute approximate surface area is 187 Å². The van der Waals surface area contributed by atoms with Crippen molar-refractivity contribution in [1.29, 1.82) is 0 Å². The second-order valence-electron chi connectivity index (χ2n) is 7.72. The maximum Gasteiger partial charge on any atom is 0.339 e. The summed E-state index contributed by atoms with van der Waals surface area (Å²) in [4.78, 5) is 12.1. The van der Waals surface area contributed by atoms with Crippen molar-refractivity contribution in [2.45, 2.75) is 44.8 Å². The van der Waals surface area contributed by atoms with Crippen molar-refractivity contribution in [3.63, 3.8) is 0 Å². The number of amides is 1. The van der Waals surface area contributed by atoms with Gasteiger partial charge in [0, 0.05) is 5.56 Å². The highest BCUT2D eigenvalue weighted by molar-refractivity contribution is 8.15. The van der Waals surface area contributed by atoms with Gasteiger partial charge >= 0.3 is 10.1 Å². The SMILES string of the molecule is Cc1cc(C)c(S(=O)(=O)Oc2ccccc2/C=N/N=C2/NC(=O)C(C(C)C)S2)c(C)c1. The van der Waals surface area contributed by atoms with Crippen molar-refractivity contribution >= 4 is 39.2 Å². The molecule has 3 rings (SSSR count). The lowest BCUT2D eigenvalue weighted by molar-refractivity contribution is -0.119. The van der Waals surface area contributed by atoms with Gasteiger partial charge in [-0.3, -0.25) is 4.79 Å². The zero-order chi connectivity index (χ0) is 22.8. The molecule has 2 aromatic carbocycles. The molecule has 1 fully saturated rings. The van der Waals surface area contributed by atoms with Crippen LogP contribution < -0.4 is 9.50 Å². The van der Waals surface area contributed by atoms with E-state index in [9.17, 15) is 13.2 Å². The minimum Gasteiger partial charge on any atom is -0.378 e. The van der Waals surface area contributed by atoms with Crippen molar-refractivity contribution in [2.24, 2.45) is 16.1 Å². The summed E-state index contributed by atoms with van der Waals surface area (Å²) in [5, 5.41) is 11.0. The number of nitrogens with one attached hydrogen (secondary N) is 1. The van der Waals surface area contributed by atoms with Gasteiger partial charge in [0.05, 0.1) is 11.5 Å². The lowest BCUT2D eigenvalue weighted by Crippen LogP contribution is -2.27. The van der Waals surface area contributed by atoms with Crippen LogP contribution in [0.1, 0.15) is 36.1 Å². The molecule has 0 aliphatic carbocycles. The van der Waals surface area contributed by atoms with E-state index in [4.69, 9.17) is 4.18 Å². The van der Waals surface area contributed by atoms with E-state index in [1.807, 2.05) is 32.9 Å². The molecule has 1 aliphatic rings. The summed E-state index contributed by atoms with van der Waals surface area (Å²) in [6, 6.07) is 10.3. The first kappa shape index (κ1) is 23.0. The normalized spacial score (nSPS) is 18.2. The minimum atomic E-state index is -4.04. The lowest BCUT2D eigenvalue weighted by atomic mass is 10.1. The standard InChI is InChI=1S/C22H25N3O4S2/c1-13(2)19-21(26)24-22(30-19)25-23-12-17-8-6-7-9-18(17)29-31(27,28)20-15(4)10-14(3)11-16(20)5/h6-13,19H,1-5H3,(H,24,25,26)/b23-12+. The van der Waals surface area contributed by atoms with E-state index in [1.165, 1.54) is 18.0 Å². The first-order chi connectivity index (χ1) is 14.6. The molecule has 7 nitrogen and oxygen atoms in total. The third-order valence-electron chi connectivity index (χ3n) is 4.65. The van der Waals surface area contributed by atoms with E-state index in [-0.39, 0.29) is 27.7 Å². The molecule has 0 radical (unpaired) electrons. The van der Waals surface area contributed by atoms with Crippen molar-refractivity contribution in [1.82, 2.24) is 5.32 Å². The zero-order valence-corrected chi connectivity index (χ0v) is 19.7. The Hall–Kier alpha value is -2.65. The second-order valence-corrected chi connectivity index (χ2v) is 10.3. The molecule has 0 aromatic heterocycles. The van der Waals surface area contributed by atoms with E-state index >= 15 is 0 Å². The molecule has 164 valence electrons. The Kier molecular flexibility index (Phi) is 6.86. The van der Waals surface area contributed by atoms with Crippen molar-refractivity contribution in [3.8, 4) is 5.75 Å². The van der Waals surface area contributed by atoms with E-state index in [0.717, 1.165) is 5.56 Å². The van der Waals surface area contributed by atoms with Gasteiger partial charge < -0.3 is 9.50 Å². The topological polar surface area (TPSA) is 97.2 Å². The van der Waals surface area contributed by atoms with Crippen LogP contribution in [0.25, 0.3) is 0 Å². The van der Waals surface area contributed by atoms with E-state index < -0.39 is 10.1 Å². The Balaban J connectivity index is 1.84. The Morgan fingerprint density at radius 3 is 2.39 bits per heavy atom. The fraction of sp³-hybridized carbons (Fsp3) is 0.318. The van der Waals surface area contributed by atoms with Gasteiger partial charge in [0.2, 0.25) is 5.91 Å². The number of hydrogen-bond donors (Lipinski definition) is 1. The van der Waals surface area contributed by atoms with Crippen LogP contribution in [0.5, 0.6) is 5.75 Å². The molecule has 0 spiro atoms. The number of carbonyl (C=O) groups excluding carboxylic acids is 1. The number of thioether (sulfide) groups is 1. The highest BCUT2D eigenvalue weighted by atomic mass is 32.2. The molecule has 1 saturated heterocycles. The summed E-state index contributed by atoms with van der Waals surface area (Å²) in [5.41, 5.74) is 2.69. The third-order valence-corrected chi connectivity index (χ3v) is 7.61. The fourth-order valence-electron chi connectivity index (χ4n) is 3.39. The molecule has 2 aromatic rings. The van der Waals surface area contributed by atoms with Gasteiger partial charge in [-0.1, -0.05) is 55.4 Å². The van der Waals surface area contributed by atoms with Crippen LogP contribution in [0.3, 0.4) is 0 Å². The average Bonchev–Trinajstić information content (AvgIpc) is 3.02. The number of rotatable bonds is 6. The van der Waals surface area contributed by atoms with Crippen LogP contribution in [0.2, 0.25) is 0 Å². The molecule has 1 unspecified atom stereocenters. The number of aryl methyl sites for hydroxylation is 3. The molecule has 0 bridgehead atoms. The van der Waals surface area contributed by atoms with Crippen molar-refractivity contribution < 1.29 is 17.4 Å². The predicted molar refractivity (Wildman–Crippen MR) is 124 cm³/mol. The molecule has 1 heterocycles. The number of nitrogens with zero attached hydrogens (tertiary/aromatic N) is 2. The highest BCUT2D eigenvalue weighted by Gasteiger charge is 2.32. The predicted octanol–water partition coefficient (Wildman–Crippen LogP) is 3.96. The molecule has 1 N–H and O–H groups in total. The number of hydrogen-bond acceptors (Lipinski definition) is 7. The number of carbonyl (C=O) groups is 1. The molecule has 1 atom stereocenters. The summed E-state index contributed by atoms with van der Waals surface area (Å²) < 4.78 is 31.4. The van der Waals surface area contributed by atoms with E-state index in [1.54, 1.807) is 38.1 Å².